The molecule has 0 unspecified atom stereocenters. The molecule has 0 heterocycles. The van der Waals surface area contributed by atoms with Gasteiger partial charge in [0, 0.05) is 17.0 Å². The second kappa shape index (κ2) is 8.96. The number of Topliss-reactive ketones (excluding diaryl/α,β-unsaturated/α-hetero) is 1. The molecular formula is C18H17ClO4. The van der Waals surface area contributed by atoms with Crippen LogP contribution in [0.2, 0.25) is 5.02 Å². The van der Waals surface area contributed by atoms with Crippen molar-refractivity contribution in [1.29, 1.82) is 0 Å². The van der Waals surface area contributed by atoms with E-state index in [1.54, 1.807) is 24.3 Å². The normalized spacial score (nSPS) is 10.1. The number of hydrogen-bond donors (Lipinski definition) is 0. The van der Waals surface area contributed by atoms with Crippen LogP contribution in [0.5, 0.6) is 5.75 Å². The Bertz CT molecular complexity index is 638. The lowest BCUT2D eigenvalue weighted by Crippen LogP contribution is -2.14. The number of rotatable bonds is 8. The van der Waals surface area contributed by atoms with Gasteiger partial charge < -0.3 is 9.47 Å². The van der Waals surface area contributed by atoms with E-state index in [1.807, 2.05) is 30.3 Å². The molecule has 0 aliphatic rings. The second-order valence-electron chi connectivity index (χ2n) is 4.86. The number of benzene rings is 2. The van der Waals surface area contributed by atoms with E-state index in [4.69, 9.17) is 21.1 Å². The minimum absolute atomic E-state index is 0.209. The van der Waals surface area contributed by atoms with Crippen molar-refractivity contribution in [2.75, 3.05) is 13.2 Å². The quantitative estimate of drug-likeness (QED) is 0.417. The molecule has 2 aromatic rings. The van der Waals surface area contributed by atoms with Crippen molar-refractivity contribution in [1.82, 2.24) is 0 Å². The van der Waals surface area contributed by atoms with Crippen LogP contribution in [-0.4, -0.2) is 25.0 Å². The van der Waals surface area contributed by atoms with Crippen molar-refractivity contribution < 1.29 is 19.1 Å². The number of esters is 1. The van der Waals surface area contributed by atoms with E-state index in [-0.39, 0.29) is 18.8 Å². The molecule has 0 fully saturated rings. The van der Waals surface area contributed by atoms with Crippen LogP contribution in [0, 0.1) is 0 Å². The maximum Gasteiger partial charge on any atom is 0.306 e. The Kier molecular flexibility index (Phi) is 6.63. The molecule has 5 heteroatoms. The highest BCUT2D eigenvalue weighted by atomic mass is 35.5. The molecule has 2 rings (SSSR count). The van der Waals surface area contributed by atoms with Gasteiger partial charge in [0.2, 0.25) is 0 Å². The molecule has 23 heavy (non-hydrogen) atoms. The van der Waals surface area contributed by atoms with Gasteiger partial charge in [-0.05, 0) is 42.8 Å². The monoisotopic (exact) mass is 332 g/mol. The van der Waals surface area contributed by atoms with E-state index < -0.39 is 5.97 Å². The van der Waals surface area contributed by atoms with Gasteiger partial charge in [-0.2, -0.15) is 0 Å². The summed E-state index contributed by atoms with van der Waals surface area (Å²) in [5.74, 6) is 0.0957. The van der Waals surface area contributed by atoms with Crippen molar-refractivity contribution >= 4 is 23.4 Å². The zero-order valence-electron chi connectivity index (χ0n) is 12.5. The number of halogens is 1. The van der Waals surface area contributed by atoms with Crippen LogP contribution < -0.4 is 4.74 Å². The van der Waals surface area contributed by atoms with Crippen LogP contribution in [0.15, 0.2) is 54.6 Å². The SMILES string of the molecule is O=C(CCCOc1ccccc1)OCC(=O)c1ccc(Cl)cc1. The second-order valence-corrected chi connectivity index (χ2v) is 5.29. The number of para-hydroxylation sites is 1. The maximum absolute atomic E-state index is 11.8. The van der Waals surface area contributed by atoms with Crippen molar-refractivity contribution in [3.63, 3.8) is 0 Å². The molecule has 2 aromatic carbocycles. The molecule has 120 valence electrons. The number of carbonyl (C=O) groups is 2. The third-order valence-corrected chi connectivity index (χ3v) is 3.32. The minimum Gasteiger partial charge on any atom is -0.494 e. The Morgan fingerprint density at radius 1 is 0.957 bits per heavy atom. The molecular weight excluding hydrogens is 316 g/mol. The predicted molar refractivity (Wildman–Crippen MR) is 87.9 cm³/mol. The highest BCUT2D eigenvalue weighted by Crippen LogP contribution is 2.11. The Balaban J connectivity index is 1.63. The lowest BCUT2D eigenvalue weighted by Gasteiger charge is -2.06. The zero-order chi connectivity index (χ0) is 16.5. The lowest BCUT2D eigenvalue weighted by atomic mass is 10.1. The fourth-order valence-electron chi connectivity index (χ4n) is 1.86. The van der Waals surface area contributed by atoms with E-state index in [1.165, 1.54) is 0 Å². The van der Waals surface area contributed by atoms with Gasteiger partial charge in [0.15, 0.2) is 12.4 Å². The van der Waals surface area contributed by atoms with Gasteiger partial charge in [0.25, 0.3) is 0 Å². The van der Waals surface area contributed by atoms with E-state index in [0.29, 0.717) is 23.6 Å². The van der Waals surface area contributed by atoms with Gasteiger partial charge in [-0.3, -0.25) is 9.59 Å². The summed E-state index contributed by atoms with van der Waals surface area (Å²) in [6.45, 7) is 0.157. The van der Waals surface area contributed by atoms with Crippen LogP contribution in [0.1, 0.15) is 23.2 Å². The zero-order valence-corrected chi connectivity index (χ0v) is 13.3. The summed E-state index contributed by atoms with van der Waals surface area (Å²) < 4.78 is 10.4. The Hall–Kier alpha value is -2.33. The van der Waals surface area contributed by atoms with Gasteiger partial charge in [-0.1, -0.05) is 29.8 Å². The smallest absolute Gasteiger partial charge is 0.306 e. The summed E-state index contributed by atoms with van der Waals surface area (Å²) in [6, 6.07) is 15.8. The van der Waals surface area contributed by atoms with E-state index in [9.17, 15) is 9.59 Å². The first kappa shape index (κ1) is 17.0. The third kappa shape index (κ3) is 6.12. The standard InChI is InChI=1S/C18H17ClO4/c19-15-10-8-14(9-11-15)17(20)13-23-18(21)7-4-12-22-16-5-2-1-3-6-16/h1-3,5-6,8-11H,4,7,12-13H2. The van der Waals surface area contributed by atoms with Crippen molar-refractivity contribution in [2.45, 2.75) is 12.8 Å². The summed E-state index contributed by atoms with van der Waals surface area (Å²) in [6.07, 6.45) is 0.740. The van der Waals surface area contributed by atoms with Gasteiger partial charge in [-0.25, -0.2) is 0 Å². The summed E-state index contributed by atoms with van der Waals surface area (Å²) in [5, 5.41) is 0.553. The molecule has 0 radical (unpaired) electrons. The fourth-order valence-corrected chi connectivity index (χ4v) is 1.99. The van der Waals surface area contributed by atoms with E-state index in [2.05, 4.69) is 0 Å². The summed E-state index contributed by atoms with van der Waals surface area (Å²) in [7, 11) is 0. The van der Waals surface area contributed by atoms with E-state index >= 15 is 0 Å². The molecule has 0 atom stereocenters. The molecule has 0 N–H and O–H groups in total. The average Bonchev–Trinajstić information content (AvgIpc) is 2.58. The Morgan fingerprint density at radius 2 is 1.65 bits per heavy atom. The molecule has 0 amide bonds. The molecule has 4 nitrogen and oxygen atoms in total. The molecule has 0 saturated heterocycles. The predicted octanol–water partition coefficient (Wildman–Crippen LogP) is 3.93. The van der Waals surface area contributed by atoms with E-state index in [0.717, 1.165) is 5.75 Å². The van der Waals surface area contributed by atoms with Crippen molar-refractivity contribution in [3.8, 4) is 5.75 Å². The molecule has 0 aliphatic heterocycles. The number of hydrogen-bond acceptors (Lipinski definition) is 4. The lowest BCUT2D eigenvalue weighted by molar-refractivity contribution is -0.142. The van der Waals surface area contributed by atoms with Gasteiger partial charge >= 0.3 is 5.97 Å². The number of ether oxygens (including phenoxy) is 2. The van der Waals surface area contributed by atoms with Crippen LogP contribution in [0.4, 0.5) is 0 Å². The molecule has 0 aliphatic carbocycles. The van der Waals surface area contributed by atoms with Gasteiger partial charge in [0.05, 0.1) is 6.61 Å². The fraction of sp³-hybridized carbons (Fsp3) is 0.222. The van der Waals surface area contributed by atoms with Crippen LogP contribution in [0.25, 0.3) is 0 Å². The molecule has 0 bridgehead atoms. The molecule has 0 aromatic heterocycles. The van der Waals surface area contributed by atoms with Gasteiger partial charge in [0.1, 0.15) is 5.75 Å². The summed E-state index contributed by atoms with van der Waals surface area (Å²) in [4.78, 5) is 23.4. The summed E-state index contributed by atoms with van der Waals surface area (Å²) in [5.41, 5.74) is 0.467. The first-order chi connectivity index (χ1) is 11.1. The third-order valence-electron chi connectivity index (χ3n) is 3.07. The topological polar surface area (TPSA) is 52.6 Å². The van der Waals surface area contributed by atoms with Crippen LogP contribution in [-0.2, 0) is 9.53 Å². The largest absolute Gasteiger partial charge is 0.494 e. The van der Waals surface area contributed by atoms with Crippen molar-refractivity contribution in [2.24, 2.45) is 0 Å². The highest BCUT2D eigenvalue weighted by molar-refractivity contribution is 6.30. The summed E-state index contributed by atoms with van der Waals surface area (Å²) >= 11 is 5.75. The Labute approximate surface area is 140 Å². The first-order valence-electron chi connectivity index (χ1n) is 7.27. The Morgan fingerprint density at radius 3 is 2.35 bits per heavy atom. The first-order valence-corrected chi connectivity index (χ1v) is 7.65. The highest BCUT2D eigenvalue weighted by Gasteiger charge is 2.10. The van der Waals surface area contributed by atoms with Gasteiger partial charge in [-0.15, -0.1) is 0 Å². The van der Waals surface area contributed by atoms with Crippen LogP contribution in [0.3, 0.4) is 0 Å². The van der Waals surface area contributed by atoms with Crippen molar-refractivity contribution in [3.05, 3.63) is 65.2 Å². The molecule has 0 spiro atoms. The molecule has 0 saturated carbocycles. The number of ketones is 1. The minimum atomic E-state index is -0.413. The number of carbonyl (C=O) groups excluding carboxylic acids is 2. The van der Waals surface area contributed by atoms with Crippen LogP contribution >= 0.6 is 11.6 Å². The maximum atomic E-state index is 11.8. The average molecular weight is 333 g/mol.